The fourth-order valence-electron chi connectivity index (χ4n) is 2.48. The van der Waals surface area contributed by atoms with Crippen molar-refractivity contribution in [1.82, 2.24) is 4.90 Å². The van der Waals surface area contributed by atoms with E-state index in [0.717, 1.165) is 0 Å². The van der Waals surface area contributed by atoms with Gasteiger partial charge in [0, 0.05) is 24.7 Å². The lowest BCUT2D eigenvalue weighted by Crippen LogP contribution is -2.39. The molecule has 0 aromatic heterocycles. The third-order valence-electron chi connectivity index (χ3n) is 3.79. The van der Waals surface area contributed by atoms with Gasteiger partial charge < -0.3 is 10.0 Å². The molecule has 1 aromatic carbocycles. The fraction of sp³-hybridized carbons (Fsp3) is 0.375. The van der Waals surface area contributed by atoms with E-state index in [-0.39, 0.29) is 17.6 Å². The monoisotopic (exact) mass is 291 g/mol. The average molecular weight is 291 g/mol. The third kappa shape index (κ3) is 3.68. The Balaban J connectivity index is 2.03. The summed E-state index contributed by atoms with van der Waals surface area (Å²) in [4.78, 5) is 24.6. The van der Waals surface area contributed by atoms with E-state index in [1.165, 1.54) is 12.1 Å². The lowest BCUT2D eigenvalue weighted by Gasteiger charge is -2.29. The van der Waals surface area contributed by atoms with E-state index in [1.807, 2.05) is 0 Å². The number of carboxylic acids is 1. The minimum Gasteiger partial charge on any atom is -0.481 e. The van der Waals surface area contributed by atoms with Crippen molar-refractivity contribution < 1.29 is 19.1 Å². The highest BCUT2D eigenvalue weighted by molar-refractivity contribution is 5.95. The maximum absolute atomic E-state index is 13.6. The van der Waals surface area contributed by atoms with Crippen molar-refractivity contribution in [2.75, 3.05) is 13.1 Å². The molecule has 0 bridgehead atoms. The molecule has 2 rings (SSSR count). The second kappa shape index (κ2) is 6.52. The van der Waals surface area contributed by atoms with Gasteiger partial charge in [-0.3, -0.25) is 9.59 Å². The number of nitrogens with zero attached hydrogens (tertiary/aromatic N) is 1. The molecule has 1 aliphatic heterocycles. The van der Waals surface area contributed by atoms with Crippen LogP contribution in [0, 0.1) is 11.7 Å². The van der Waals surface area contributed by atoms with Gasteiger partial charge in [0.1, 0.15) is 5.82 Å². The van der Waals surface area contributed by atoms with Crippen LogP contribution in [0.4, 0.5) is 4.39 Å². The summed E-state index contributed by atoms with van der Waals surface area (Å²) >= 11 is 0. The summed E-state index contributed by atoms with van der Waals surface area (Å²) in [6.45, 7) is 2.55. The van der Waals surface area contributed by atoms with Gasteiger partial charge in [0.05, 0.1) is 5.92 Å². The standard InChI is InChI=1S/C16H18FNO3/c1-11(13-4-2-3-5-14(13)17)10-15(19)18-8-6-12(7-9-18)16(20)21/h2-5,10,12H,6-9H2,1H3,(H,20,21)/b11-10+. The molecule has 0 spiro atoms. The zero-order chi connectivity index (χ0) is 15.4. The van der Waals surface area contributed by atoms with Crippen molar-refractivity contribution in [1.29, 1.82) is 0 Å². The van der Waals surface area contributed by atoms with Crippen LogP contribution < -0.4 is 0 Å². The summed E-state index contributed by atoms with van der Waals surface area (Å²) in [5, 5.41) is 8.93. The first-order valence-electron chi connectivity index (χ1n) is 6.94. The summed E-state index contributed by atoms with van der Waals surface area (Å²) in [5.41, 5.74) is 0.977. The van der Waals surface area contributed by atoms with Crippen molar-refractivity contribution >= 4 is 17.4 Å². The number of likely N-dealkylation sites (tertiary alicyclic amines) is 1. The highest BCUT2D eigenvalue weighted by Gasteiger charge is 2.26. The first-order valence-corrected chi connectivity index (χ1v) is 6.94. The van der Waals surface area contributed by atoms with Crippen LogP contribution in [0.5, 0.6) is 0 Å². The summed E-state index contributed by atoms with van der Waals surface area (Å²) in [7, 11) is 0. The Bertz CT molecular complexity index is 575. The number of carbonyl (C=O) groups is 2. The number of carbonyl (C=O) groups excluding carboxylic acids is 1. The number of aliphatic carboxylic acids is 1. The number of hydrogen-bond acceptors (Lipinski definition) is 2. The molecule has 0 unspecified atom stereocenters. The molecule has 0 saturated carbocycles. The minimum atomic E-state index is -0.805. The summed E-state index contributed by atoms with van der Waals surface area (Å²) in [6.07, 6.45) is 2.35. The van der Waals surface area contributed by atoms with E-state index in [0.29, 0.717) is 37.1 Å². The van der Waals surface area contributed by atoms with Crippen LogP contribution in [0.15, 0.2) is 30.3 Å². The largest absolute Gasteiger partial charge is 0.481 e. The van der Waals surface area contributed by atoms with Crippen LogP contribution in [0.2, 0.25) is 0 Å². The maximum atomic E-state index is 13.6. The van der Waals surface area contributed by atoms with E-state index in [9.17, 15) is 14.0 Å². The number of allylic oxidation sites excluding steroid dienone is 1. The number of halogens is 1. The Morgan fingerprint density at radius 2 is 1.90 bits per heavy atom. The van der Waals surface area contributed by atoms with E-state index in [2.05, 4.69) is 0 Å². The summed E-state index contributed by atoms with van der Waals surface area (Å²) in [5.74, 6) is -1.73. The molecule has 112 valence electrons. The Morgan fingerprint density at radius 1 is 1.29 bits per heavy atom. The van der Waals surface area contributed by atoms with Crippen LogP contribution in [0.3, 0.4) is 0 Å². The van der Waals surface area contributed by atoms with Crippen molar-refractivity contribution in [2.24, 2.45) is 5.92 Å². The summed E-state index contributed by atoms with van der Waals surface area (Å²) in [6, 6.07) is 6.31. The summed E-state index contributed by atoms with van der Waals surface area (Å²) < 4.78 is 13.6. The van der Waals surface area contributed by atoms with Gasteiger partial charge in [-0.25, -0.2) is 4.39 Å². The number of piperidine rings is 1. The minimum absolute atomic E-state index is 0.195. The number of rotatable bonds is 3. The molecule has 1 aromatic rings. The van der Waals surface area contributed by atoms with Crippen LogP contribution in [0.1, 0.15) is 25.3 Å². The fourth-order valence-corrected chi connectivity index (χ4v) is 2.48. The molecule has 1 heterocycles. The van der Waals surface area contributed by atoms with Gasteiger partial charge in [0.25, 0.3) is 0 Å². The van der Waals surface area contributed by atoms with Crippen LogP contribution in [-0.2, 0) is 9.59 Å². The molecule has 1 N–H and O–H groups in total. The smallest absolute Gasteiger partial charge is 0.306 e. The zero-order valence-electron chi connectivity index (χ0n) is 11.9. The number of amides is 1. The first-order chi connectivity index (χ1) is 9.99. The van der Waals surface area contributed by atoms with E-state index < -0.39 is 5.97 Å². The lowest BCUT2D eigenvalue weighted by atomic mass is 9.97. The van der Waals surface area contributed by atoms with E-state index in [4.69, 9.17) is 5.11 Å². The van der Waals surface area contributed by atoms with Gasteiger partial charge in [-0.2, -0.15) is 0 Å². The second-order valence-corrected chi connectivity index (χ2v) is 5.24. The molecule has 0 aliphatic carbocycles. The Kier molecular flexibility index (Phi) is 4.73. The van der Waals surface area contributed by atoms with E-state index in [1.54, 1.807) is 30.0 Å². The SMILES string of the molecule is C/C(=C\C(=O)N1CCC(C(=O)O)CC1)c1ccccc1F. The number of hydrogen-bond donors (Lipinski definition) is 1. The molecule has 1 aliphatic rings. The second-order valence-electron chi connectivity index (χ2n) is 5.24. The number of carboxylic acid groups (broad SMARTS) is 1. The normalized spacial score (nSPS) is 16.9. The van der Waals surface area contributed by atoms with Crippen molar-refractivity contribution in [3.05, 3.63) is 41.7 Å². The Morgan fingerprint density at radius 3 is 2.48 bits per heavy atom. The van der Waals surface area contributed by atoms with Gasteiger partial charge in [0.2, 0.25) is 5.91 Å². The van der Waals surface area contributed by atoms with Crippen LogP contribution in [-0.4, -0.2) is 35.0 Å². The van der Waals surface area contributed by atoms with Crippen LogP contribution in [0.25, 0.3) is 5.57 Å². The van der Waals surface area contributed by atoms with Gasteiger partial charge in [-0.15, -0.1) is 0 Å². The van der Waals surface area contributed by atoms with Crippen molar-refractivity contribution in [3.8, 4) is 0 Å². The van der Waals surface area contributed by atoms with Crippen LogP contribution >= 0.6 is 0 Å². The van der Waals surface area contributed by atoms with Crippen molar-refractivity contribution in [3.63, 3.8) is 0 Å². The predicted octanol–water partition coefficient (Wildman–Crippen LogP) is 2.55. The molecule has 4 nitrogen and oxygen atoms in total. The molecule has 1 fully saturated rings. The quantitative estimate of drug-likeness (QED) is 0.871. The highest BCUT2D eigenvalue weighted by Crippen LogP contribution is 2.20. The molecular weight excluding hydrogens is 273 g/mol. The molecule has 0 radical (unpaired) electrons. The topological polar surface area (TPSA) is 57.6 Å². The molecule has 21 heavy (non-hydrogen) atoms. The maximum Gasteiger partial charge on any atom is 0.306 e. The highest BCUT2D eigenvalue weighted by atomic mass is 19.1. The third-order valence-corrected chi connectivity index (χ3v) is 3.79. The van der Waals surface area contributed by atoms with Gasteiger partial charge in [0.15, 0.2) is 0 Å². The predicted molar refractivity (Wildman–Crippen MR) is 77.0 cm³/mol. The van der Waals surface area contributed by atoms with Gasteiger partial charge >= 0.3 is 5.97 Å². The Hall–Kier alpha value is -2.17. The molecule has 1 amide bonds. The average Bonchev–Trinajstić information content (AvgIpc) is 2.47. The van der Waals surface area contributed by atoms with Crippen molar-refractivity contribution in [2.45, 2.75) is 19.8 Å². The van der Waals surface area contributed by atoms with Gasteiger partial charge in [-0.05, 0) is 31.4 Å². The number of benzene rings is 1. The van der Waals surface area contributed by atoms with E-state index >= 15 is 0 Å². The van der Waals surface area contributed by atoms with Gasteiger partial charge in [-0.1, -0.05) is 18.2 Å². The zero-order valence-corrected chi connectivity index (χ0v) is 11.9. The molecule has 0 atom stereocenters. The molecular formula is C16H18FNO3. The first kappa shape index (κ1) is 15.2. The Labute approximate surface area is 122 Å². The molecule has 5 heteroatoms. The lowest BCUT2D eigenvalue weighted by molar-refractivity contribution is -0.144. The molecule has 1 saturated heterocycles.